The van der Waals surface area contributed by atoms with Crippen LogP contribution in [0.3, 0.4) is 0 Å². The van der Waals surface area contributed by atoms with Crippen LogP contribution in [0.4, 0.5) is 13.2 Å². The van der Waals surface area contributed by atoms with Crippen LogP contribution >= 0.6 is 0 Å². The molecule has 3 aliphatic rings. The first kappa shape index (κ1) is 22.0. The first-order chi connectivity index (χ1) is 13.5. The molecule has 0 N–H and O–H groups in total. The third-order valence-corrected chi connectivity index (χ3v) is 7.86. The van der Waals surface area contributed by atoms with Crippen molar-refractivity contribution >= 4 is 0 Å². The molecule has 0 heterocycles. The van der Waals surface area contributed by atoms with Crippen LogP contribution < -0.4 is 0 Å². The second kappa shape index (κ2) is 10.3. The highest BCUT2D eigenvalue weighted by atomic mass is 19.2. The third-order valence-electron chi connectivity index (χ3n) is 7.86. The van der Waals surface area contributed by atoms with Crippen LogP contribution in [0, 0.1) is 23.7 Å². The van der Waals surface area contributed by atoms with E-state index in [0.29, 0.717) is 12.3 Å². The van der Waals surface area contributed by atoms with Gasteiger partial charge in [-0.2, -0.15) is 0 Å². The fraction of sp³-hybridized carbons (Fsp3) is 0.840. The summed E-state index contributed by atoms with van der Waals surface area (Å²) >= 11 is 0. The second-order valence-electron chi connectivity index (χ2n) is 9.78. The maximum atomic E-state index is 14.7. The lowest BCUT2D eigenvalue weighted by Crippen LogP contribution is -2.28. The molecular weight excluding hydrogens is 357 g/mol. The summed E-state index contributed by atoms with van der Waals surface area (Å²) < 4.78 is 42.0. The fourth-order valence-corrected chi connectivity index (χ4v) is 5.92. The largest absolute Gasteiger partial charge is 0.231 e. The number of hydrogen-bond donors (Lipinski definition) is 0. The topological polar surface area (TPSA) is 0 Å². The number of alkyl halides is 1. The monoisotopic (exact) mass is 396 g/mol. The van der Waals surface area contributed by atoms with Crippen LogP contribution in [0.5, 0.6) is 0 Å². The molecule has 3 aliphatic carbocycles. The Bertz CT molecular complexity index is 536. The highest BCUT2D eigenvalue weighted by molar-refractivity contribution is 5.28. The molecule has 0 aromatic carbocycles. The molecule has 0 saturated heterocycles. The summed E-state index contributed by atoms with van der Waals surface area (Å²) in [5, 5.41) is 0. The molecule has 0 radical (unpaired) electrons. The molecule has 160 valence electrons. The van der Waals surface area contributed by atoms with Crippen molar-refractivity contribution in [1.29, 1.82) is 0 Å². The standard InChI is InChI=1S/C25H39F3/c1-2-3-4-6-19-8-12-21(13-9-19)22-14-10-20(11-15-22)16-18-25(28)17-5-7-23(26)24(25)27/h5,17,19-22H,2-4,6-16,18H2,1H3. The summed E-state index contributed by atoms with van der Waals surface area (Å²) in [6, 6.07) is 0. The normalized spacial score (nSPS) is 36.7. The van der Waals surface area contributed by atoms with Crippen molar-refractivity contribution in [3.05, 3.63) is 23.8 Å². The summed E-state index contributed by atoms with van der Waals surface area (Å²) in [5.74, 6) is 1.06. The zero-order chi connectivity index (χ0) is 20.0. The van der Waals surface area contributed by atoms with Crippen molar-refractivity contribution in [2.75, 3.05) is 0 Å². The molecule has 0 amide bonds. The SMILES string of the molecule is CCCCCC1CCC(C2CCC(CCC3(F)C=CCC(F)=C3F)CC2)CC1. The summed E-state index contributed by atoms with van der Waals surface area (Å²) in [7, 11) is 0. The number of allylic oxidation sites excluding steroid dienone is 4. The van der Waals surface area contributed by atoms with E-state index in [1.54, 1.807) is 0 Å². The fourth-order valence-electron chi connectivity index (χ4n) is 5.92. The van der Waals surface area contributed by atoms with Gasteiger partial charge in [-0.15, -0.1) is 0 Å². The lowest BCUT2D eigenvalue weighted by Gasteiger charge is -2.38. The van der Waals surface area contributed by atoms with Crippen LogP contribution in [0.25, 0.3) is 0 Å². The molecule has 1 unspecified atom stereocenters. The van der Waals surface area contributed by atoms with E-state index in [0.717, 1.165) is 30.6 Å². The molecule has 3 rings (SSSR count). The first-order valence-corrected chi connectivity index (χ1v) is 11.9. The summed E-state index contributed by atoms with van der Waals surface area (Å²) in [6.45, 7) is 2.28. The Morgan fingerprint density at radius 3 is 2.00 bits per heavy atom. The molecule has 0 aromatic rings. The van der Waals surface area contributed by atoms with Gasteiger partial charge in [-0.05, 0) is 68.3 Å². The molecule has 0 bridgehead atoms. The van der Waals surface area contributed by atoms with Crippen LogP contribution in [0.15, 0.2) is 23.8 Å². The van der Waals surface area contributed by atoms with E-state index in [-0.39, 0.29) is 12.8 Å². The van der Waals surface area contributed by atoms with Crippen LogP contribution in [0.2, 0.25) is 0 Å². The van der Waals surface area contributed by atoms with Crippen molar-refractivity contribution in [2.24, 2.45) is 23.7 Å². The molecule has 1 atom stereocenters. The zero-order valence-corrected chi connectivity index (χ0v) is 17.7. The van der Waals surface area contributed by atoms with Gasteiger partial charge in [0.05, 0.1) is 0 Å². The van der Waals surface area contributed by atoms with Gasteiger partial charge < -0.3 is 0 Å². The molecule has 0 aromatic heterocycles. The third kappa shape index (κ3) is 5.66. The number of rotatable bonds is 8. The van der Waals surface area contributed by atoms with Crippen LogP contribution in [0.1, 0.15) is 103 Å². The summed E-state index contributed by atoms with van der Waals surface area (Å²) in [4.78, 5) is 0. The van der Waals surface area contributed by atoms with Crippen molar-refractivity contribution in [3.63, 3.8) is 0 Å². The Morgan fingerprint density at radius 1 is 0.857 bits per heavy atom. The summed E-state index contributed by atoms with van der Waals surface area (Å²) in [6.07, 6.45) is 19.2. The number of unbranched alkanes of at least 4 members (excludes halogenated alkanes) is 2. The van der Waals surface area contributed by atoms with Gasteiger partial charge in [0.1, 0.15) is 5.83 Å². The van der Waals surface area contributed by atoms with Gasteiger partial charge >= 0.3 is 0 Å². The number of halogens is 3. The second-order valence-corrected chi connectivity index (χ2v) is 9.78. The molecule has 0 spiro atoms. The van der Waals surface area contributed by atoms with Gasteiger partial charge in [0, 0.05) is 6.42 Å². The van der Waals surface area contributed by atoms with E-state index in [2.05, 4.69) is 6.92 Å². The quantitative estimate of drug-likeness (QED) is 0.284. The minimum Gasteiger partial charge on any atom is -0.231 e. The van der Waals surface area contributed by atoms with Gasteiger partial charge in [0.25, 0.3) is 0 Å². The van der Waals surface area contributed by atoms with Crippen LogP contribution in [-0.2, 0) is 0 Å². The minimum absolute atomic E-state index is 0.0843. The highest BCUT2D eigenvalue weighted by Gasteiger charge is 2.38. The minimum atomic E-state index is -2.20. The zero-order valence-electron chi connectivity index (χ0n) is 17.7. The Labute approximate surface area is 170 Å². The maximum absolute atomic E-state index is 14.7. The lowest BCUT2D eigenvalue weighted by atomic mass is 9.68. The van der Waals surface area contributed by atoms with Crippen molar-refractivity contribution in [2.45, 2.75) is 109 Å². The molecule has 2 fully saturated rings. The van der Waals surface area contributed by atoms with E-state index in [9.17, 15) is 13.2 Å². The molecule has 3 heteroatoms. The van der Waals surface area contributed by atoms with E-state index in [4.69, 9.17) is 0 Å². The average Bonchev–Trinajstić information content (AvgIpc) is 2.72. The van der Waals surface area contributed by atoms with Crippen molar-refractivity contribution in [1.82, 2.24) is 0 Å². The predicted octanol–water partition coefficient (Wildman–Crippen LogP) is 8.78. The Balaban J connectivity index is 1.36. The van der Waals surface area contributed by atoms with E-state index < -0.39 is 17.3 Å². The van der Waals surface area contributed by atoms with Gasteiger partial charge in [-0.25, -0.2) is 13.2 Å². The first-order valence-electron chi connectivity index (χ1n) is 11.9. The highest BCUT2D eigenvalue weighted by Crippen LogP contribution is 2.45. The lowest BCUT2D eigenvalue weighted by molar-refractivity contribution is 0.129. The van der Waals surface area contributed by atoms with Crippen molar-refractivity contribution in [3.8, 4) is 0 Å². The van der Waals surface area contributed by atoms with Crippen molar-refractivity contribution < 1.29 is 13.2 Å². The Hall–Kier alpha value is -0.730. The Kier molecular flexibility index (Phi) is 8.12. The van der Waals surface area contributed by atoms with Gasteiger partial charge in [-0.1, -0.05) is 64.4 Å². The van der Waals surface area contributed by atoms with Gasteiger partial charge in [-0.3, -0.25) is 0 Å². The average molecular weight is 397 g/mol. The molecular formula is C25H39F3. The van der Waals surface area contributed by atoms with Gasteiger partial charge in [0.2, 0.25) is 0 Å². The summed E-state index contributed by atoms with van der Waals surface area (Å²) in [5.41, 5.74) is -2.20. The smallest absolute Gasteiger partial charge is 0.182 e. The number of hydrogen-bond acceptors (Lipinski definition) is 0. The van der Waals surface area contributed by atoms with E-state index in [1.165, 1.54) is 76.4 Å². The van der Waals surface area contributed by atoms with E-state index in [1.807, 2.05) is 0 Å². The predicted molar refractivity (Wildman–Crippen MR) is 111 cm³/mol. The molecule has 2 saturated carbocycles. The maximum Gasteiger partial charge on any atom is 0.182 e. The van der Waals surface area contributed by atoms with Crippen LogP contribution in [-0.4, -0.2) is 5.67 Å². The van der Waals surface area contributed by atoms with E-state index >= 15 is 0 Å². The Morgan fingerprint density at radius 2 is 1.43 bits per heavy atom. The molecule has 0 aliphatic heterocycles. The molecule has 0 nitrogen and oxygen atoms in total. The molecule has 28 heavy (non-hydrogen) atoms. The van der Waals surface area contributed by atoms with Gasteiger partial charge in [0.15, 0.2) is 11.5 Å².